The zero-order chi connectivity index (χ0) is 15.4. The fourth-order valence-corrected chi connectivity index (χ4v) is 2.90. The van der Waals surface area contributed by atoms with E-state index in [0.29, 0.717) is 20.6 Å². The lowest BCUT2D eigenvalue weighted by atomic mass is 10.2. The number of halogens is 2. The number of anilines is 1. The summed E-state index contributed by atoms with van der Waals surface area (Å²) in [5, 5.41) is 14.3. The van der Waals surface area contributed by atoms with Crippen molar-refractivity contribution < 1.29 is 14.7 Å². The van der Waals surface area contributed by atoms with Crippen LogP contribution in [0.15, 0.2) is 35.7 Å². The van der Waals surface area contributed by atoms with E-state index in [-0.39, 0.29) is 5.56 Å². The lowest BCUT2D eigenvalue weighted by Crippen LogP contribution is -2.09. The molecule has 0 aliphatic carbocycles. The third-order valence-corrected chi connectivity index (χ3v) is 3.71. The molecule has 21 heavy (non-hydrogen) atoms. The van der Waals surface area contributed by atoms with Gasteiger partial charge in [-0.15, -0.1) is 11.3 Å². The second-order valence-corrected chi connectivity index (χ2v) is 5.78. The molecule has 0 atom stereocenters. The second-order valence-electron chi connectivity index (χ2n) is 3.99. The molecular weight excluding hydrogens is 333 g/mol. The van der Waals surface area contributed by atoms with E-state index >= 15 is 0 Å². The van der Waals surface area contributed by atoms with Gasteiger partial charge >= 0.3 is 5.97 Å². The first kappa shape index (κ1) is 15.6. The van der Waals surface area contributed by atoms with Crippen molar-refractivity contribution in [3.63, 3.8) is 0 Å². The van der Waals surface area contributed by atoms with Crippen molar-refractivity contribution in [1.29, 1.82) is 0 Å². The summed E-state index contributed by atoms with van der Waals surface area (Å²) in [5.41, 5.74) is 0.736. The number of carboxylic acid groups (broad SMARTS) is 1. The maximum atomic E-state index is 11.8. The van der Waals surface area contributed by atoms with Gasteiger partial charge in [0.2, 0.25) is 5.91 Å². The first-order valence-corrected chi connectivity index (χ1v) is 7.35. The molecule has 1 aromatic carbocycles. The number of hydrogen-bond acceptors (Lipinski definition) is 3. The molecule has 0 spiro atoms. The van der Waals surface area contributed by atoms with Gasteiger partial charge in [0.15, 0.2) is 0 Å². The van der Waals surface area contributed by atoms with Gasteiger partial charge in [-0.1, -0.05) is 23.2 Å². The van der Waals surface area contributed by atoms with E-state index in [1.807, 2.05) is 0 Å². The molecule has 0 saturated heterocycles. The standard InChI is InChI=1S/C14H9Cl2NO3S/c15-9-5-8(6-10(16)7-9)1-2-12(18)17-13-11(14(19)20)3-4-21-13/h1-7H,(H,17,18)(H,19,20)/b2-1+. The maximum Gasteiger partial charge on any atom is 0.338 e. The summed E-state index contributed by atoms with van der Waals surface area (Å²) < 4.78 is 0. The van der Waals surface area contributed by atoms with Crippen molar-refractivity contribution in [3.8, 4) is 0 Å². The molecule has 0 bridgehead atoms. The number of benzene rings is 1. The summed E-state index contributed by atoms with van der Waals surface area (Å²) in [6, 6.07) is 6.34. The first-order valence-electron chi connectivity index (χ1n) is 5.71. The monoisotopic (exact) mass is 341 g/mol. The fraction of sp³-hybridized carbons (Fsp3) is 0. The van der Waals surface area contributed by atoms with Crippen molar-refractivity contribution >= 4 is 57.5 Å². The summed E-state index contributed by atoms with van der Waals surface area (Å²) in [6.07, 6.45) is 2.83. The molecule has 0 fully saturated rings. The van der Waals surface area contributed by atoms with Gasteiger partial charge in [0.05, 0.1) is 5.56 Å². The molecule has 4 nitrogen and oxygen atoms in total. The summed E-state index contributed by atoms with van der Waals surface area (Å²) in [6.45, 7) is 0. The van der Waals surface area contributed by atoms with Crippen LogP contribution in [0.2, 0.25) is 10.0 Å². The second kappa shape index (κ2) is 6.76. The van der Waals surface area contributed by atoms with E-state index in [4.69, 9.17) is 28.3 Å². The molecule has 0 unspecified atom stereocenters. The molecule has 0 aliphatic rings. The van der Waals surface area contributed by atoms with E-state index in [1.165, 1.54) is 12.1 Å². The zero-order valence-electron chi connectivity index (χ0n) is 10.5. The minimum Gasteiger partial charge on any atom is -0.478 e. The Bertz CT molecular complexity index is 705. The summed E-state index contributed by atoms with van der Waals surface area (Å²) in [4.78, 5) is 22.7. The molecule has 2 aromatic rings. The molecule has 0 saturated carbocycles. The third kappa shape index (κ3) is 4.32. The first-order chi connectivity index (χ1) is 9.95. The SMILES string of the molecule is O=C(/C=C/c1cc(Cl)cc(Cl)c1)Nc1sccc1C(=O)O. The molecule has 0 radical (unpaired) electrons. The molecule has 7 heteroatoms. The Morgan fingerprint density at radius 3 is 2.48 bits per heavy atom. The highest BCUT2D eigenvalue weighted by atomic mass is 35.5. The van der Waals surface area contributed by atoms with Crippen molar-refractivity contribution in [2.75, 3.05) is 5.32 Å². The molecular formula is C14H9Cl2NO3S. The highest BCUT2D eigenvalue weighted by Gasteiger charge is 2.12. The highest BCUT2D eigenvalue weighted by molar-refractivity contribution is 7.14. The van der Waals surface area contributed by atoms with E-state index in [9.17, 15) is 9.59 Å². The normalized spacial score (nSPS) is 10.8. The molecule has 0 aliphatic heterocycles. The number of nitrogens with one attached hydrogen (secondary N) is 1. The van der Waals surface area contributed by atoms with E-state index in [1.54, 1.807) is 29.7 Å². The maximum absolute atomic E-state index is 11.8. The molecule has 108 valence electrons. The van der Waals surface area contributed by atoms with Gasteiger partial charge < -0.3 is 10.4 Å². The van der Waals surface area contributed by atoms with Crippen LogP contribution in [0.5, 0.6) is 0 Å². The molecule has 1 aromatic heterocycles. The number of rotatable bonds is 4. The zero-order valence-corrected chi connectivity index (χ0v) is 12.8. The fourth-order valence-electron chi connectivity index (χ4n) is 1.57. The lowest BCUT2D eigenvalue weighted by molar-refractivity contribution is -0.111. The Balaban J connectivity index is 2.09. The Labute approximate surface area is 134 Å². The highest BCUT2D eigenvalue weighted by Crippen LogP contribution is 2.23. The van der Waals surface area contributed by atoms with Crippen LogP contribution in [0.3, 0.4) is 0 Å². The summed E-state index contributed by atoms with van der Waals surface area (Å²) >= 11 is 12.9. The van der Waals surface area contributed by atoms with Crippen LogP contribution in [-0.2, 0) is 4.79 Å². The van der Waals surface area contributed by atoms with Gasteiger partial charge in [0, 0.05) is 16.1 Å². The Morgan fingerprint density at radius 2 is 1.86 bits per heavy atom. The Kier molecular flexibility index (Phi) is 5.01. The number of amides is 1. The number of hydrogen-bond donors (Lipinski definition) is 2. The van der Waals surface area contributed by atoms with Crippen LogP contribution in [0.1, 0.15) is 15.9 Å². The lowest BCUT2D eigenvalue weighted by Gasteiger charge is -2.01. The van der Waals surface area contributed by atoms with Crippen molar-refractivity contribution in [2.45, 2.75) is 0 Å². The van der Waals surface area contributed by atoms with Gasteiger partial charge in [-0.2, -0.15) is 0 Å². The summed E-state index contributed by atoms with van der Waals surface area (Å²) in [5.74, 6) is -1.52. The number of carbonyl (C=O) groups excluding carboxylic acids is 1. The smallest absolute Gasteiger partial charge is 0.338 e. The number of thiophene rings is 1. The predicted octanol–water partition coefficient (Wildman–Crippen LogP) is 4.41. The quantitative estimate of drug-likeness (QED) is 0.809. The average Bonchev–Trinajstić information content (AvgIpc) is 2.83. The summed E-state index contributed by atoms with van der Waals surface area (Å²) in [7, 11) is 0. The topological polar surface area (TPSA) is 66.4 Å². The minimum atomic E-state index is -1.09. The third-order valence-electron chi connectivity index (χ3n) is 2.44. The van der Waals surface area contributed by atoms with E-state index in [0.717, 1.165) is 11.3 Å². The molecule has 2 rings (SSSR count). The van der Waals surface area contributed by atoms with E-state index < -0.39 is 11.9 Å². The van der Waals surface area contributed by atoms with Gasteiger partial charge in [0.25, 0.3) is 0 Å². The number of aromatic carboxylic acids is 1. The Hall–Kier alpha value is -1.82. The number of carbonyl (C=O) groups is 2. The van der Waals surface area contributed by atoms with Crippen LogP contribution >= 0.6 is 34.5 Å². The van der Waals surface area contributed by atoms with Gasteiger partial charge in [-0.05, 0) is 41.3 Å². The van der Waals surface area contributed by atoms with Crippen LogP contribution in [0.25, 0.3) is 6.08 Å². The minimum absolute atomic E-state index is 0.0625. The number of carboxylic acids is 1. The van der Waals surface area contributed by atoms with Crippen molar-refractivity contribution in [1.82, 2.24) is 0 Å². The molecule has 2 N–H and O–H groups in total. The van der Waals surface area contributed by atoms with Crippen LogP contribution < -0.4 is 5.32 Å². The largest absolute Gasteiger partial charge is 0.478 e. The van der Waals surface area contributed by atoms with Crippen LogP contribution in [0, 0.1) is 0 Å². The van der Waals surface area contributed by atoms with Gasteiger partial charge in [-0.25, -0.2) is 4.79 Å². The van der Waals surface area contributed by atoms with Crippen LogP contribution in [0.4, 0.5) is 5.00 Å². The van der Waals surface area contributed by atoms with Crippen LogP contribution in [-0.4, -0.2) is 17.0 Å². The van der Waals surface area contributed by atoms with Crippen molar-refractivity contribution in [2.24, 2.45) is 0 Å². The Morgan fingerprint density at radius 1 is 1.19 bits per heavy atom. The molecule has 1 heterocycles. The van der Waals surface area contributed by atoms with E-state index in [2.05, 4.69) is 5.32 Å². The average molecular weight is 342 g/mol. The van der Waals surface area contributed by atoms with Crippen molar-refractivity contribution in [3.05, 3.63) is 56.9 Å². The van der Waals surface area contributed by atoms with Gasteiger partial charge in [0.1, 0.15) is 5.00 Å². The predicted molar refractivity (Wildman–Crippen MR) is 85.4 cm³/mol. The molecule has 1 amide bonds. The van der Waals surface area contributed by atoms with Gasteiger partial charge in [-0.3, -0.25) is 4.79 Å².